The zero-order chi connectivity index (χ0) is 24.3. The fourth-order valence-electron chi connectivity index (χ4n) is 3.88. The van der Waals surface area contributed by atoms with Gasteiger partial charge >= 0.3 is 6.18 Å². The molecule has 1 fully saturated rings. The molecule has 0 saturated carbocycles. The summed E-state index contributed by atoms with van der Waals surface area (Å²) in [5, 5.41) is 2.52. The third-order valence-electron chi connectivity index (χ3n) is 5.59. The van der Waals surface area contributed by atoms with E-state index in [-0.39, 0.29) is 22.1 Å². The summed E-state index contributed by atoms with van der Waals surface area (Å²) >= 11 is 0. The number of halogens is 3. The lowest BCUT2D eigenvalue weighted by atomic mass is 10.1. The number of carbonyl (C=O) groups is 1. The summed E-state index contributed by atoms with van der Waals surface area (Å²) in [7, 11) is -3.68. The quantitative estimate of drug-likeness (QED) is 0.491. The number of nitrogens with zero attached hydrogens (tertiary/aromatic N) is 1. The van der Waals surface area contributed by atoms with Crippen LogP contribution in [0.15, 0.2) is 70.0 Å². The molecular weight excluding hydrogens is 469 g/mol. The summed E-state index contributed by atoms with van der Waals surface area (Å²) in [5.41, 5.74) is -0.353. The van der Waals surface area contributed by atoms with E-state index in [1.54, 1.807) is 18.2 Å². The maximum absolute atomic E-state index is 13.3. The Hall–Kier alpha value is -3.27. The van der Waals surface area contributed by atoms with Gasteiger partial charge in [-0.05, 0) is 61.7 Å². The molecule has 6 nitrogen and oxygen atoms in total. The molecule has 1 N–H and O–H groups in total. The van der Waals surface area contributed by atoms with Crippen LogP contribution in [0.25, 0.3) is 0 Å². The molecule has 0 bridgehead atoms. The van der Waals surface area contributed by atoms with E-state index in [1.165, 1.54) is 30.3 Å². The first-order chi connectivity index (χ1) is 16.1. The Morgan fingerprint density at radius 3 is 2.35 bits per heavy atom. The molecule has 1 aliphatic rings. The average Bonchev–Trinajstić information content (AvgIpc) is 3.27. The second-order valence-electron chi connectivity index (χ2n) is 8.07. The van der Waals surface area contributed by atoms with Gasteiger partial charge in [0.1, 0.15) is 11.5 Å². The summed E-state index contributed by atoms with van der Waals surface area (Å²) in [5.74, 6) is -1.36. The van der Waals surface area contributed by atoms with Gasteiger partial charge in [0.15, 0.2) is 15.6 Å². The molecule has 2 heterocycles. The van der Waals surface area contributed by atoms with Crippen LogP contribution in [-0.2, 0) is 21.8 Å². The van der Waals surface area contributed by atoms with Gasteiger partial charge in [-0.2, -0.15) is 13.2 Å². The third kappa shape index (κ3) is 5.44. The summed E-state index contributed by atoms with van der Waals surface area (Å²) in [4.78, 5) is 14.9. The van der Waals surface area contributed by atoms with Crippen molar-refractivity contribution in [3.8, 4) is 0 Å². The van der Waals surface area contributed by atoms with Crippen LogP contribution in [0.1, 0.15) is 41.1 Å². The Bertz CT molecular complexity index is 1260. The highest BCUT2D eigenvalue weighted by Crippen LogP contribution is 2.36. The van der Waals surface area contributed by atoms with Gasteiger partial charge in [-0.3, -0.25) is 4.79 Å². The minimum Gasteiger partial charge on any atom is -0.455 e. The van der Waals surface area contributed by atoms with E-state index in [0.717, 1.165) is 31.4 Å². The molecule has 180 valence electrons. The maximum atomic E-state index is 13.3. The van der Waals surface area contributed by atoms with Crippen molar-refractivity contribution in [1.82, 2.24) is 0 Å². The molecule has 1 saturated heterocycles. The molecule has 1 amide bonds. The first-order valence-electron chi connectivity index (χ1n) is 10.8. The van der Waals surface area contributed by atoms with Crippen molar-refractivity contribution in [2.24, 2.45) is 0 Å². The van der Waals surface area contributed by atoms with Crippen molar-refractivity contribution >= 4 is 27.1 Å². The molecule has 0 aliphatic carbocycles. The zero-order valence-corrected chi connectivity index (χ0v) is 19.0. The van der Waals surface area contributed by atoms with Crippen LogP contribution in [0, 0.1) is 0 Å². The van der Waals surface area contributed by atoms with Gasteiger partial charge in [-0.15, -0.1) is 0 Å². The van der Waals surface area contributed by atoms with E-state index in [1.807, 2.05) is 4.90 Å². The minimum atomic E-state index is -4.57. The second kappa shape index (κ2) is 9.54. The van der Waals surface area contributed by atoms with Crippen molar-refractivity contribution in [3.63, 3.8) is 0 Å². The molecule has 2 aromatic carbocycles. The molecule has 0 radical (unpaired) electrons. The Balaban J connectivity index is 1.56. The lowest BCUT2D eigenvalue weighted by molar-refractivity contribution is -0.137. The molecule has 0 unspecified atom stereocenters. The smallest absolute Gasteiger partial charge is 0.416 e. The Morgan fingerprint density at radius 1 is 0.971 bits per heavy atom. The van der Waals surface area contributed by atoms with E-state index >= 15 is 0 Å². The van der Waals surface area contributed by atoms with Gasteiger partial charge in [-0.1, -0.05) is 18.2 Å². The van der Waals surface area contributed by atoms with Crippen molar-refractivity contribution in [3.05, 3.63) is 77.7 Å². The molecular formula is C24H23F3N2O4S. The second-order valence-corrected chi connectivity index (χ2v) is 10.1. The number of benzene rings is 2. The lowest BCUT2D eigenvalue weighted by Gasteiger charge is -2.31. The molecule has 10 heteroatoms. The number of piperidine rings is 1. The number of nitrogens with one attached hydrogen (secondary N) is 1. The number of hydrogen-bond donors (Lipinski definition) is 1. The van der Waals surface area contributed by atoms with E-state index in [9.17, 15) is 26.4 Å². The Labute approximate surface area is 195 Å². The van der Waals surface area contributed by atoms with Crippen LogP contribution in [0.4, 0.5) is 24.5 Å². The number of hydrogen-bond acceptors (Lipinski definition) is 5. The van der Waals surface area contributed by atoms with Gasteiger partial charge in [0.25, 0.3) is 5.91 Å². The number of alkyl halides is 3. The van der Waals surface area contributed by atoms with Crippen LogP contribution in [0.3, 0.4) is 0 Å². The van der Waals surface area contributed by atoms with Crippen LogP contribution >= 0.6 is 0 Å². The van der Waals surface area contributed by atoms with Crippen molar-refractivity contribution in [2.75, 3.05) is 23.3 Å². The molecule has 1 aliphatic heterocycles. The predicted octanol–water partition coefficient (Wildman–Crippen LogP) is 5.51. The van der Waals surface area contributed by atoms with Crippen molar-refractivity contribution < 1.29 is 30.8 Å². The number of furan rings is 1. The number of rotatable bonds is 6. The standard InChI is InChI=1S/C24H23F3N2O4S/c25-24(26,27)17-9-11-21(29-13-5-2-6-14-29)20(15-17)28-23(30)22-12-10-18(33-22)16-34(31,32)19-7-3-1-4-8-19/h1,3-4,7-12,15H,2,5-6,13-14,16H2,(H,28,30). The average molecular weight is 493 g/mol. The highest BCUT2D eigenvalue weighted by molar-refractivity contribution is 7.90. The van der Waals surface area contributed by atoms with Crippen LogP contribution in [0.2, 0.25) is 0 Å². The van der Waals surface area contributed by atoms with E-state index in [2.05, 4.69) is 5.32 Å². The fraction of sp³-hybridized carbons (Fsp3) is 0.292. The topological polar surface area (TPSA) is 79.6 Å². The monoisotopic (exact) mass is 492 g/mol. The van der Waals surface area contributed by atoms with E-state index in [4.69, 9.17) is 4.42 Å². The summed E-state index contributed by atoms with van der Waals surface area (Å²) < 4.78 is 70.4. The fourth-order valence-corrected chi connectivity index (χ4v) is 5.15. The summed E-state index contributed by atoms with van der Waals surface area (Å²) in [6, 6.07) is 13.8. The predicted molar refractivity (Wildman–Crippen MR) is 122 cm³/mol. The first-order valence-corrected chi connectivity index (χ1v) is 12.4. The number of amides is 1. The SMILES string of the molecule is O=C(Nc1cc(C(F)(F)F)ccc1N1CCCCC1)c1ccc(CS(=O)(=O)c2ccccc2)o1. The van der Waals surface area contributed by atoms with Gasteiger partial charge in [0.05, 0.1) is 21.8 Å². The number of anilines is 2. The van der Waals surface area contributed by atoms with E-state index < -0.39 is 33.2 Å². The Kier molecular flexibility index (Phi) is 6.70. The lowest BCUT2D eigenvalue weighted by Crippen LogP contribution is -2.30. The van der Waals surface area contributed by atoms with E-state index in [0.29, 0.717) is 18.8 Å². The van der Waals surface area contributed by atoms with Crippen LogP contribution < -0.4 is 10.2 Å². The van der Waals surface area contributed by atoms with Crippen LogP contribution in [0.5, 0.6) is 0 Å². The Morgan fingerprint density at radius 2 is 1.68 bits per heavy atom. The van der Waals surface area contributed by atoms with Gasteiger partial charge in [0, 0.05) is 13.1 Å². The van der Waals surface area contributed by atoms with Crippen LogP contribution in [-0.4, -0.2) is 27.4 Å². The highest BCUT2D eigenvalue weighted by atomic mass is 32.2. The van der Waals surface area contributed by atoms with Crippen molar-refractivity contribution in [1.29, 1.82) is 0 Å². The molecule has 3 aromatic rings. The maximum Gasteiger partial charge on any atom is 0.416 e. The van der Waals surface area contributed by atoms with Crippen molar-refractivity contribution in [2.45, 2.75) is 36.1 Å². The summed E-state index contributed by atoms with van der Waals surface area (Å²) in [6.45, 7) is 1.35. The zero-order valence-electron chi connectivity index (χ0n) is 18.1. The first kappa shape index (κ1) is 23.9. The minimum absolute atomic E-state index is 0.0246. The molecule has 4 rings (SSSR count). The highest BCUT2D eigenvalue weighted by Gasteiger charge is 2.32. The molecule has 0 spiro atoms. The molecule has 34 heavy (non-hydrogen) atoms. The molecule has 1 aromatic heterocycles. The number of carbonyl (C=O) groups excluding carboxylic acids is 1. The normalized spacial score (nSPS) is 14.7. The van der Waals surface area contributed by atoms with Gasteiger partial charge < -0.3 is 14.6 Å². The van der Waals surface area contributed by atoms with Gasteiger partial charge in [-0.25, -0.2) is 8.42 Å². The summed E-state index contributed by atoms with van der Waals surface area (Å²) in [6.07, 6.45) is -1.71. The van der Waals surface area contributed by atoms with Gasteiger partial charge in [0.2, 0.25) is 0 Å². The largest absolute Gasteiger partial charge is 0.455 e. The molecule has 0 atom stereocenters. The number of sulfone groups is 1. The third-order valence-corrected chi connectivity index (χ3v) is 7.24.